The fourth-order valence-electron chi connectivity index (χ4n) is 2.07. The second kappa shape index (κ2) is 4.49. The Morgan fingerprint density at radius 3 is 2.55 bits per heavy atom. The van der Waals surface area contributed by atoms with Gasteiger partial charge in [0.15, 0.2) is 5.69 Å². The van der Waals surface area contributed by atoms with Gasteiger partial charge in [0.05, 0.1) is 0 Å². The van der Waals surface area contributed by atoms with Gasteiger partial charge in [-0.1, -0.05) is 11.5 Å². The molecule has 0 amide bonds. The number of aromatic carboxylic acids is 1. The maximum absolute atomic E-state index is 13.0. The predicted octanol–water partition coefficient (Wildman–Crippen LogP) is 1.63. The highest BCUT2D eigenvalue weighted by molar-refractivity contribution is 6.32. The number of imidazole rings is 1. The predicted molar refractivity (Wildman–Crippen MR) is 72.9 cm³/mol. The van der Waals surface area contributed by atoms with Crippen molar-refractivity contribution in [1.82, 2.24) is 9.38 Å². The summed E-state index contributed by atoms with van der Waals surface area (Å²) in [5.41, 5.74) is 1.71. The molecule has 0 saturated carbocycles. The molecule has 3 rings (SSSR count). The summed E-state index contributed by atoms with van der Waals surface area (Å²) in [6.45, 7) is 0. The van der Waals surface area contributed by atoms with Gasteiger partial charge in [0.2, 0.25) is 0 Å². The summed E-state index contributed by atoms with van der Waals surface area (Å²) < 4.78 is 14.4. The third-order valence-electron chi connectivity index (χ3n) is 2.96. The number of rotatable bonds is 2. The van der Waals surface area contributed by atoms with Gasteiger partial charge in [0, 0.05) is 11.8 Å². The standard InChI is InChI=1S/C14H8BFN2O2/c15-9-3-6-11-17-12(8-1-4-10(16)5-2-8)13(14(19)20)18(11)7-9/h1-7H,(H,19,20). The Kier molecular flexibility index (Phi) is 2.78. The Labute approximate surface area is 114 Å². The van der Waals surface area contributed by atoms with E-state index in [-0.39, 0.29) is 11.4 Å². The van der Waals surface area contributed by atoms with Crippen molar-refractivity contribution >= 4 is 24.9 Å². The van der Waals surface area contributed by atoms with E-state index in [1.54, 1.807) is 12.1 Å². The lowest BCUT2D eigenvalue weighted by molar-refractivity contribution is 0.0690. The number of carboxylic acids is 1. The molecule has 0 bridgehead atoms. The first-order valence-electron chi connectivity index (χ1n) is 5.83. The number of carboxylic acid groups (broad SMARTS) is 1. The largest absolute Gasteiger partial charge is 0.476 e. The quantitative estimate of drug-likeness (QED) is 0.717. The lowest BCUT2D eigenvalue weighted by Crippen LogP contribution is -2.09. The molecule has 3 aromatic rings. The van der Waals surface area contributed by atoms with Gasteiger partial charge in [-0.05, 0) is 30.3 Å². The van der Waals surface area contributed by atoms with Crippen LogP contribution in [0.5, 0.6) is 0 Å². The Hall–Kier alpha value is -2.63. The number of benzene rings is 1. The molecule has 4 nitrogen and oxygen atoms in total. The van der Waals surface area contributed by atoms with Gasteiger partial charge in [-0.25, -0.2) is 14.2 Å². The summed E-state index contributed by atoms with van der Waals surface area (Å²) in [4.78, 5) is 15.8. The van der Waals surface area contributed by atoms with E-state index < -0.39 is 11.8 Å². The average molecular weight is 266 g/mol. The molecule has 0 aliphatic carbocycles. The number of aromatic nitrogens is 2. The van der Waals surface area contributed by atoms with Crippen LogP contribution in [0.2, 0.25) is 0 Å². The van der Waals surface area contributed by atoms with E-state index in [1.165, 1.54) is 34.9 Å². The van der Waals surface area contributed by atoms with Crippen LogP contribution >= 0.6 is 0 Å². The zero-order valence-corrected chi connectivity index (χ0v) is 10.2. The van der Waals surface area contributed by atoms with Gasteiger partial charge >= 0.3 is 5.97 Å². The fraction of sp³-hybridized carbons (Fsp3) is 0. The number of hydrogen-bond donors (Lipinski definition) is 1. The van der Waals surface area contributed by atoms with Gasteiger partial charge < -0.3 is 5.11 Å². The van der Waals surface area contributed by atoms with E-state index in [0.29, 0.717) is 16.7 Å². The van der Waals surface area contributed by atoms with Crippen molar-refractivity contribution < 1.29 is 14.3 Å². The Morgan fingerprint density at radius 2 is 1.90 bits per heavy atom. The van der Waals surface area contributed by atoms with E-state index >= 15 is 0 Å². The lowest BCUT2D eigenvalue weighted by atomic mass is 9.99. The second-order valence-corrected chi connectivity index (χ2v) is 4.31. The molecule has 0 aliphatic rings. The number of hydrogen-bond acceptors (Lipinski definition) is 2. The molecule has 2 aromatic heterocycles. The fourth-order valence-corrected chi connectivity index (χ4v) is 2.07. The average Bonchev–Trinajstić information content (AvgIpc) is 2.78. The molecular formula is C14H8BFN2O2. The maximum atomic E-state index is 13.0. The highest BCUT2D eigenvalue weighted by Gasteiger charge is 2.19. The lowest BCUT2D eigenvalue weighted by Gasteiger charge is -2.01. The summed E-state index contributed by atoms with van der Waals surface area (Å²) in [5, 5.41) is 9.38. The molecule has 6 heteroatoms. The number of carbonyl (C=O) groups is 1. The van der Waals surface area contributed by atoms with Crippen LogP contribution in [0, 0.1) is 5.82 Å². The van der Waals surface area contributed by atoms with Crippen LogP contribution in [0.4, 0.5) is 4.39 Å². The minimum Gasteiger partial charge on any atom is -0.476 e. The Morgan fingerprint density at radius 1 is 1.20 bits per heavy atom. The molecule has 96 valence electrons. The Balaban J connectivity index is 2.32. The summed E-state index contributed by atoms with van der Waals surface area (Å²) in [6, 6.07) is 8.79. The molecule has 0 aliphatic heterocycles. The van der Waals surface area contributed by atoms with E-state index in [1.807, 2.05) is 0 Å². The zero-order chi connectivity index (χ0) is 14.3. The van der Waals surface area contributed by atoms with Gasteiger partial charge in [0.1, 0.15) is 25.0 Å². The second-order valence-electron chi connectivity index (χ2n) is 4.31. The van der Waals surface area contributed by atoms with Crippen molar-refractivity contribution in [3.8, 4) is 11.3 Å². The first kappa shape index (κ1) is 12.4. The third kappa shape index (κ3) is 1.95. The van der Waals surface area contributed by atoms with Crippen molar-refractivity contribution in [2.75, 3.05) is 0 Å². The molecular weight excluding hydrogens is 258 g/mol. The van der Waals surface area contributed by atoms with Crippen LogP contribution in [0.1, 0.15) is 10.5 Å². The van der Waals surface area contributed by atoms with Crippen LogP contribution in [-0.2, 0) is 0 Å². The van der Waals surface area contributed by atoms with E-state index in [2.05, 4.69) is 4.98 Å². The topological polar surface area (TPSA) is 54.6 Å². The molecule has 0 unspecified atom stereocenters. The number of pyridine rings is 1. The van der Waals surface area contributed by atoms with Crippen LogP contribution < -0.4 is 5.46 Å². The smallest absolute Gasteiger partial charge is 0.355 e. The number of nitrogens with zero attached hydrogens (tertiary/aromatic N) is 2. The molecule has 0 saturated heterocycles. The van der Waals surface area contributed by atoms with Crippen LogP contribution in [0.25, 0.3) is 16.9 Å². The van der Waals surface area contributed by atoms with Gasteiger partial charge in [0.25, 0.3) is 0 Å². The molecule has 20 heavy (non-hydrogen) atoms. The first-order chi connectivity index (χ1) is 9.56. The van der Waals surface area contributed by atoms with Gasteiger partial charge in [-0.15, -0.1) is 0 Å². The molecule has 0 spiro atoms. The van der Waals surface area contributed by atoms with Crippen molar-refractivity contribution in [2.45, 2.75) is 0 Å². The van der Waals surface area contributed by atoms with E-state index in [9.17, 15) is 14.3 Å². The maximum Gasteiger partial charge on any atom is 0.355 e. The summed E-state index contributed by atoms with van der Waals surface area (Å²) in [5.74, 6) is -1.51. The molecule has 0 fully saturated rings. The summed E-state index contributed by atoms with van der Waals surface area (Å²) in [6.07, 6.45) is 1.50. The first-order valence-corrected chi connectivity index (χ1v) is 5.83. The van der Waals surface area contributed by atoms with E-state index in [4.69, 9.17) is 7.85 Å². The van der Waals surface area contributed by atoms with Crippen molar-refractivity contribution in [3.05, 3.63) is 54.1 Å². The SMILES string of the molecule is [B]c1ccc2nc(-c3ccc(F)cc3)c(C(=O)O)n2c1. The number of halogens is 1. The van der Waals surface area contributed by atoms with Crippen molar-refractivity contribution in [2.24, 2.45) is 0 Å². The van der Waals surface area contributed by atoms with Crippen molar-refractivity contribution in [1.29, 1.82) is 0 Å². The highest BCUT2D eigenvalue weighted by atomic mass is 19.1. The minimum atomic E-state index is -1.12. The monoisotopic (exact) mass is 266 g/mol. The normalized spacial score (nSPS) is 10.8. The molecule has 0 atom stereocenters. The molecule has 1 aromatic carbocycles. The molecule has 1 N–H and O–H groups in total. The zero-order valence-electron chi connectivity index (χ0n) is 10.2. The highest BCUT2D eigenvalue weighted by Crippen LogP contribution is 2.24. The van der Waals surface area contributed by atoms with Crippen LogP contribution in [0.3, 0.4) is 0 Å². The number of fused-ring (bicyclic) bond motifs is 1. The minimum absolute atomic E-state index is 0.00101. The van der Waals surface area contributed by atoms with Crippen LogP contribution in [0.15, 0.2) is 42.6 Å². The Bertz CT molecular complexity index is 812. The third-order valence-corrected chi connectivity index (χ3v) is 2.96. The van der Waals surface area contributed by atoms with Crippen molar-refractivity contribution in [3.63, 3.8) is 0 Å². The van der Waals surface area contributed by atoms with Gasteiger partial charge in [-0.2, -0.15) is 0 Å². The molecule has 2 heterocycles. The van der Waals surface area contributed by atoms with Crippen LogP contribution in [-0.4, -0.2) is 28.3 Å². The van der Waals surface area contributed by atoms with E-state index in [0.717, 1.165) is 0 Å². The molecule has 2 radical (unpaired) electrons. The summed E-state index contributed by atoms with van der Waals surface area (Å²) >= 11 is 0. The van der Waals surface area contributed by atoms with Gasteiger partial charge in [-0.3, -0.25) is 4.40 Å². The summed E-state index contributed by atoms with van der Waals surface area (Å²) in [7, 11) is 5.67.